The molecular formula is C51H31N3O2. The maximum atomic E-state index is 6.66. The molecule has 0 N–H and O–H groups in total. The summed E-state index contributed by atoms with van der Waals surface area (Å²) in [7, 11) is 0. The molecule has 0 aliphatic rings. The highest BCUT2D eigenvalue weighted by Gasteiger charge is 2.20. The summed E-state index contributed by atoms with van der Waals surface area (Å²) >= 11 is 0. The van der Waals surface area contributed by atoms with Crippen LogP contribution in [0.5, 0.6) is 0 Å². The zero-order valence-electron chi connectivity index (χ0n) is 30.1. The third kappa shape index (κ3) is 5.45. The van der Waals surface area contributed by atoms with Gasteiger partial charge in [0.2, 0.25) is 0 Å². The summed E-state index contributed by atoms with van der Waals surface area (Å²) in [6.45, 7) is 0. The Bertz CT molecular complexity index is 3180. The van der Waals surface area contributed by atoms with Gasteiger partial charge in [0.15, 0.2) is 17.5 Å². The number of fused-ring (bicyclic) bond motifs is 6. The molecule has 0 atom stereocenters. The minimum absolute atomic E-state index is 0.525. The lowest BCUT2D eigenvalue weighted by Gasteiger charge is -2.12. The van der Waals surface area contributed by atoms with Crippen molar-refractivity contribution in [2.45, 2.75) is 0 Å². The Morgan fingerprint density at radius 1 is 0.268 bits per heavy atom. The fourth-order valence-electron chi connectivity index (χ4n) is 7.81. The molecule has 0 amide bonds. The van der Waals surface area contributed by atoms with Crippen LogP contribution in [-0.4, -0.2) is 15.0 Å². The predicted molar refractivity (Wildman–Crippen MR) is 227 cm³/mol. The number of aromatic nitrogens is 3. The van der Waals surface area contributed by atoms with Crippen LogP contribution in [-0.2, 0) is 0 Å². The van der Waals surface area contributed by atoms with E-state index in [2.05, 4.69) is 133 Å². The summed E-state index contributed by atoms with van der Waals surface area (Å²) in [4.78, 5) is 15.6. The van der Waals surface area contributed by atoms with Crippen molar-refractivity contribution >= 4 is 43.9 Å². The van der Waals surface area contributed by atoms with E-state index in [1.165, 1.54) is 0 Å². The molecule has 11 rings (SSSR count). The second kappa shape index (κ2) is 13.0. The van der Waals surface area contributed by atoms with Gasteiger partial charge in [-0.2, -0.15) is 0 Å². The predicted octanol–water partition coefficient (Wildman–Crippen LogP) is 13.7. The van der Waals surface area contributed by atoms with Gasteiger partial charge in [0.25, 0.3) is 0 Å². The second-order valence-electron chi connectivity index (χ2n) is 14.0. The van der Waals surface area contributed by atoms with Crippen molar-refractivity contribution in [1.82, 2.24) is 15.0 Å². The molecule has 0 unspecified atom stereocenters. The van der Waals surface area contributed by atoms with Gasteiger partial charge in [0.05, 0.1) is 5.56 Å². The third-order valence-corrected chi connectivity index (χ3v) is 10.5. The highest BCUT2D eigenvalue weighted by Crippen LogP contribution is 2.40. The quantitative estimate of drug-likeness (QED) is 0.171. The lowest BCUT2D eigenvalue weighted by atomic mass is 9.96. The van der Waals surface area contributed by atoms with E-state index in [1.807, 2.05) is 54.6 Å². The molecule has 0 aliphatic carbocycles. The molecule has 262 valence electrons. The van der Waals surface area contributed by atoms with Crippen molar-refractivity contribution in [3.05, 3.63) is 188 Å². The van der Waals surface area contributed by atoms with Crippen LogP contribution in [0.3, 0.4) is 0 Å². The van der Waals surface area contributed by atoms with Crippen molar-refractivity contribution < 1.29 is 8.83 Å². The number of benzene rings is 8. The van der Waals surface area contributed by atoms with Crippen LogP contribution < -0.4 is 0 Å². The Labute approximate surface area is 322 Å². The molecular weight excluding hydrogens is 687 g/mol. The van der Waals surface area contributed by atoms with Crippen LogP contribution in [0.25, 0.3) is 111 Å². The molecule has 0 saturated heterocycles. The summed E-state index contributed by atoms with van der Waals surface area (Å²) in [6.07, 6.45) is 0. The number of furan rings is 2. The van der Waals surface area contributed by atoms with Crippen molar-refractivity contribution in [1.29, 1.82) is 0 Å². The molecule has 56 heavy (non-hydrogen) atoms. The van der Waals surface area contributed by atoms with Crippen LogP contribution in [0, 0.1) is 0 Å². The van der Waals surface area contributed by atoms with Gasteiger partial charge in [0.1, 0.15) is 22.3 Å². The number of hydrogen-bond acceptors (Lipinski definition) is 5. The van der Waals surface area contributed by atoms with Crippen LogP contribution in [0.4, 0.5) is 0 Å². The number of para-hydroxylation sites is 3. The van der Waals surface area contributed by atoms with Crippen molar-refractivity contribution in [2.24, 2.45) is 0 Å². The molecule has 0 spiro atoms. The summed E-state index contributed by atoms with van der Waals surface area (Å²) < 4.78 is 13.2. The standard InChI is InChI=1S/C51H31N3O2/c1-4-14-32(15-5-1)36-28-37(33-16-6-2-7-17-33)30-38(29-36)50-52-49(53-51(54-50)44-24-13-23-42-40-20-10-11-25-45(40)55-48(42)44)35-26-27-41-43-22-12-21-39(34-18-8-3-9-19-34)47(43)56-46(41)31-35/h1-31H. The summed E-state index contributed by atoms with van der Waals surface area (Å²) in [5.74, 6) is 1.62. The number of nitrogens with zero attached hydrogens (tertiary/aromatic N) is 3. The molecule has 8 aromatic carbocycles. The highest BCUT2D eigenvalue weighted by atomic mass is 16.3. The van der Waals surface area contributed by atoms with Crippen LogP contribution >= 0.6 is 0 Å². The van der Waals surface area contributed by atoms with Gasteiger partial charge in [-0.05, 0) is 70.3 Å². The Kier molecular flexibility index (Phi) is 7.42. The van der Waals surface area contributed by atoms with E-state index in [0.29, 0.717) is 17.5 Å². The first-order valence-corrected chi connectivity index (χ1v) is 18.7. The van der Waals surface area contributed by atoms with Crippen LogP contribution in [0.1, 0.15) is 0 Å². The van der Waals surface area contributed by atoms with E-state index in [1.54, 1.807) is 0 Å². The lowest BCUT2D eigenvalue weighted by Crippen LogP contribution is -2.01. The Morgan fingerprint density at radius 3 is 1.43 bits per heavy atom. The monoisotopic (exact) mass is 717 g/mol. The first kappa shape index (κ1) is 31.9. The van der Waals surface area contributed by atoms with Crippen molar-refractivity contribution in [2.75, 3.05) is 0 Å². The molecule has 0 saturated carbocycles. The molecule has 3 heterocycles. The number of hydrogen-bond donors (Lipinski definition) is 0. The van der Waals surface area contributed by atoms with E-state index in [0.717, 1.165) is 93.9 Å². The van der Waals surface area contributed by atoms with Crippen molar-refractivity contribution in [3.8, 4) is 67.5 Å². The van der Waals surface area contributed by atoms with E-state index >= 15 is 0 Å². The van der Waals surface area contributed by atoms with Crippen LogP contribution in [0.2, 0.25) is 0 Å². The Morgan fingerprint density at radius 2 is 0.750 bits per heavy atom. The van der Waals surface area contributed by atoms with Gasteiger partial charge < -0.3 is 8.83 Å². The second-order valence-corrected chi connectivity index (χ2v) is 14.0. The Hall–Kier alpha value is -7.63. The molecule has 5 heteroatoms. The first-order valence-electron chi connectivity index (χ1n) is 18.7. The van der Waals surface area contributed by atoms with Gasteiger partial charge in [-0.15, -0.1) is 0 Å². The zero-order valence-corrected chi connectivity index (χ0v) is 30.1. The van der Waals surface area contributed by atoms with E-state index in [9.17, 15) is 0 Å². The van der Waals surface area contributed by atoms with Gasteiger partial charge in [0, 0.05) is 38.2 Å². The average Bonchev–Trinajstić information content (AvgIpc) is 3.85. The van der Waals surface area contributed by atoms with Gasteiger partial charge in [-0.25, -0.2) is 15.0 Å². The summed E-state index contributed by atoms with van der Waals surface area (Å²) in [5, 5.41) is 4.16. The largest absolute Gasteiger partial charge is 0.455 e. The lowest BCUT2D eigenvalue weighted by molar-refractivity contribution is 0.669. The molecule has 0 radical (unpaired) electrons. The fraction of sp³-hybridized carbons (Fsp3) is 0. The van der Waals surface area contributed by atoms with E-state index < -0.39 is 0 Å². The van der Waals surface area contributed by atoms with Crippen LogP contribution in [0.15, 0.2) is 197 Å². The average molecular weight is 718 g/mol. The molecule has 11 aromatic rings. The topological polar surface area (TPSA) is 65.0 Å². The maximum Gasteiger partial charge on any atom is 0.167 e. The molecule has 0 aliphatic heterocycles. The van der Waals surface area contributed by atoms with E-state index in [-0.39, 0.29) is 0 Å². The minimum atomic E-state index is 0.525. The van der Waals surface area contributed by atoms with Gasteiger partial charge >= 0.3 is 0 Å². The SMILES string of the molecule is c1ccc(-c2cc(-c3ccccc3)cc(-c3nc(-c4ccc5c(c4)oc4c(-c6ccccc6)cccc45)nc(-c4cccc5c4oc4ccccc45)n3)c2)cc1. The smallest absolute Gasteiger partial charge is 0.167 e. The molecule has 0 fully saturated rings. The molecule has 0 bridgehead atoms. The maximum absolute atomic E-state index is 6.66. The molecule has 3 aromatic heterocycles. The highest BCUT2D eigenvalue weighted by molar-refractivity contribution is 6.11. The van der Waals surface area contributed by atoms with Gasteiger partial charge in [-0.1, -0.05) is 146 Å². The normalized spacial score (nSPS) is 11.6. The van der Waals surface area contributed by atoms with E-state index in [4.69, 9.17) is 23.8 Å². The summed E-state index contributed by atoms with van der Waals surface area (Å²) in [5.41, 5.74) is 12.2. The molecule has 5 nitrogen and oxygen atoms in total. The van der Waals surface area contributed by atoms with Crippen molar-refractivity contribution in [3.63, 3.8) is 0 Å². The zero-order chi connectivity index (χ0) is 37.0. The Balaban J connectivity index is 1.14. The number of rotatable bonds is 6. The minimum Gasteiger partial charge on any atom is -0.455 e. The van der Waals surface area contributed by atoms with Gasteiger partial charge in [-0.3, -0.25) is 0 Å². The third-order valence-electron chi connectivity index (χ3n) is 10.5. The fourth-order valence-corrected chi connectivity index (χ4v) is 7.81. The summed E-state index contributed by atoms with van der Waals surface area (Å²) in [6, 6.07) is 64.6. The first-order chi connectivity index (χ1) is 27.7.